The van der Waals surface area contributed by atoms with Crippen LogP contribution in [-0.2, 0) is 9.59 Å². The summed E-state index contributed by atoms with van der Waals surface area (Å²) < 4.78 is 0. The number of aliphatic carboxylic acids is 1. The lowest BCUT2D eigenvalue weighted by Crippen LogP contribution is -2.48. The number of nitrogens with zero attached hydrogens (tertiary/aromatic N) is 2. The SMILES string of the molecule is CCN(CC(=O)O)C1CCN(CC(=O)NCC2CCCCC2)CC1.Cl. The Morgan fingerprint density at radius 3 is 2.32 bits per heavy atom. The van der Waals surface area contributed by atoms with Crippen LogP contribution in [-0.4, -0.2) is 72.1 Å². The highest BCUT2D eigenvalue weighted by atomic mass is 35.5. The van der Waals surface area contributed by atoms with Crippen LogP contribution in [0.4, 0.5) is 0 Å². The van der Waals surface area contributed by atoms with Gasteiger partial charge >= 0.3 is 5.97 Å². The van der Waals surface area contributed by atoms with Gasteiger partial charge in [-0.1, -0.05) is 26.2 Å². The predicted molar refractivity (Wildman–Crippen MR) is 101 cm³/mol. The van der Waals surface area contributed by atoms with Crippen molar-refractivity contribution in [3.05, 3.63) is 0 Å². The first-order valence-electron chi connectivity index (χ1n) is 9.53. The van der Waals surface area contributed by atoms with Crippen LogP contribution in [0, 0.1) is 5.92 Å². The molecule has 6 nitrogen and oxygen atoms in total. The van der Waals surface area contributed by atoms with Gasteiger partial charge in [0.05, 0.1) is 13.1 Å². The van der Waals surface area contributed by atoms with Crippen LogP contribution in [0.2, 0.25) is 0 Å². The van der Waals surface area contributed by atoms with Crippen LogP contribution in [0.5, 0.6) is 0 Å². The van der Waals surface area contributed by atoms with Crippen molar-refractivity contribution >= 4 is 24.3 Å². The first-order chi connectivity index (χ1) is 11.6. The van der Waals surface area contributed by atoms with Crippen molar-refractivity contribution in [3.63, 3.8) is 0 Å². The molecule has 0 aromatic rings. The Kier molecular flexibility index (Phi) is 10.4. The minimum Gasteiger partial charge on any atom is -0.480 e. The Morgan fingerprint density at radius 1 is 1.12 bits per heavy atom. The van der Waals surface area contributed by atoms with E-state index in [0.29, 0.717) is 18.5 Å². The van der Waals surface area contributed by atoms with Gasteiger partial charge < -0.3 is 10.4 Å². The van der Waals surface area contributed by atoms with Gasteiger partial charge in [-0.25, -0.2) is 0 Å². The van der Waals surface area contributed by atoms with E-state index in [1.165, 1.54) is 32.1 Å². The van der Waals surface area contributed by atoms with Crippen LogP contribution >= 0.6 is 12.4 Å². The normalized spacial score (nSPS) is 20.2. The lowest BCUT2D eigenvalue weighted by atomic mass is 9.89. The van der Waals surface area contributed by atoms with Crippen LogP contribution < -0.4 is 5.32 Å². The Hall–Kier alpha value is -0.850. The summed E-state index contributed by atoms with van der Waals surface area (Å²) in [6.07, 6.45) is 8.34. The highest BCUT2D eigenvalue weighted by Crippen LogP contribution is 2.22. The van der Waals surface area contributed by atoms with Gasteiger partial charge in [0.2, 0.25) is 5.91 Å². The number of nitrogens with one attached hydrogen (secondary N) is 1. The smallest absolute Gasteiger partial charge is 0.317 e. The molecule has 1 saturated carbocycles. The van der Waals surface area contributed by atoms with Crippen molar-refractivity contribution < 1.29 is 14.7 Å². The van der Waals surface area contributed by atoms with E-state index in [1.54, 1.807) is 0 Å². The maximum atomic E-state index is 12.1. The molecule has 0 aromatic heterocycles. The number of amides is 1. The van der Waals surface area contributed by atoms with Crippen molar-refractivity contribution in [2.75, 3.05) is 39.3 Å². The van der Waals surface area contributed by atoms with Gasteiger partial charge in [0, 0.05) is 25.7 Å². The first kappa shape index (κ1) is 22.2. The number of carbonyl (C=O) groups excluding carboxylic acids is 1. The maximum Gasteiger partial charge on any atom is 0.317 e. The Bertz CT molecular complexity index is 408. The zero-order valence-corrected chi connectivity index (χ0v) is 16.2. The number of carboxylic acid groups (broad SMARTS) is 1. The molecular weight excluding hydrogens is 342 g/mol. The number of hydrogen-bond donors (Lipinski definition) is 2. The molecule has 7 heteroatoms. The lowest BCUT2D eigenvalue weighted by molar-refractivity contribution is -0.139. The summed E-state index contributed by atoms with van der Waals surface area (Å²) in [5.41, 5.74) is 0. The van der Waals surface area contributed by atoms with Crippen LogP contribution in [0.3, 0.4) is 0 Å². The zero-order chi connectivity index (χ0) is 17.4. The summed E-state index contributed by atoms with van der Waals surface area (Å²) in [5.74, 6) is 0.0424. The Labute approximate surface area is 157 Å². The van der Waals surface area contributed by atoms with E-state index in [9.17, 15) is 9.59 Å². The molecule has 0 atom stereocenters. The number of likely N-dealkylation sites (tertiary alicyclic amines) is 1. The van der Waals surface area contributed by atoms with Crippen LogP contribution in [0.1, 0.15) is 51.9 Å². The fourth-order valence-electron chi connectivity index (χ4n) is 4.02. The van der Waals surface area contributed by atoms with Crippen molar-refractivity contribution in [3.8, 4) is 0 Å². The first-order valence-corrected chi connectivity index (χ1v) is 9.53. The molecule has 1 heterocycles. The number of halogens is 1. The van der Waals surface area contributed by atoms with Gasteiger partial charge in [0.25, 0.3) is 0 Å². The molecule has 0 bridgehead atoms. The average molecular weight is 376 g/mol. The molecule has 2 rings (SSSR count). The fourth-order valence-corrected chi connectivity index (χ4v) is 4.02. The summed E-state index contributed by atoms with van der Waals surface area (Å²) in [5, 5.41) is 12.1. The van der Waals surface area contributed by atoms with Crippen molar-refractivity contribution in [2.45, 2.75) is 57.9 Å². The van der Waals surface area contributed by atoms with Crippen LogP contribution in [0.15, 0.2) is 0 Å². The highest BCUT2D eigenvalue weighted by molar-refractivity contribution is 5.85. The molecule has 0 spiro atoms. The fraction of sp³-hybridized carbons (Fsp3) is 0.889. The minimum absolute atomic E-state index is 0. The van der Waals surface area contributed by atoms with E-state index in [-0.39, 0.29) is 24.9 Å². The molecule has 146 valence electrons. The number of piperidine rings is 1. The van der Waals surface area contributed by atoms with E-state index in [2.05, 4.69) is 10.2 Å². The van der Waals surface area contributed by atoms with E-state index in [4.69, 9.17) is 5.11 Å². The average Bonchev–Trinajstić information content (AvgIpc) is 2.59. The van der Waals surface area contributed by atoms with Gasteiger partial charge in [-0.05, 0) is 38.1 Å². The second-order valence-corrected chi connectivity index (χ2v) is 7.27. The molecule has 2 aliphatic rings. The molecule has 1 amide bonds. The van der Waals surface area contributed by atoms with Gasteiger partial charge in [-0.2, -0.15) is 0 Å². The summed E-state index contributed by atoms with van der Waals surface area (Å²) in [6, 6.07) is 0.327. The summed E-state index contributed by atoms with van der Waals surface area (Å²) >= 11 is 0. The van der Waals surface area contributed by atoms with Gasteiger partial charge in [-0.15, -0.1) is 12.4 Å². The summed E-state index contributed by atoms with van der Waals surface area (Å²) in [4.78, 5) is 27.3. The molecule has 1 aliphatic carbocycles. The molecule has 1 saturated heterocycles. The number of carboxylic acids is 1. The summed E-state index contributed by atoms with van der Waals surface area (Å²) in [7, 11) is 0. The predicted octanol–water partition coefficient (Wildman–Crippen LogP) is 1.98. The van der Waals surface area contributed by atoms with E-state index in [1.807, 2.05) is 11.8 Å². The topological polar surface area (TPSA) is 72.9 Å². The van der Waals surface area contributed by atoms with Crippen molar-refractivity contribution in [1.29, 1.82) is 0 Å². The maximum absolute atomic E-state index is 12.1. The van der Waals surface area contributed by atoms with Crippen molar-refractivity contribution in [1.82, 2.24) is 15.1 Å². The molecule has 25 heavy (non-hydrogen) atoms. The monoisotopic (exact) mass is 375 g/mol. The zero-order valence-electron chi connectivity index (χ0n) is 15.4. The van der Waals surface area contributed by atoms with E-state index < -0.39 is 5.97 Å². The van der Waals surface area contributed by atoms with Crippen molar-refractivity contribution in [2.24, 2.45) is 5.92 Å². The number of hydrogen-bond acceptors (Lipinski definition) is 4. The molecule has 0 aromatic carbocycles. The Morgan fingerprint density at radius 2 is 1.76 bits per heavy atom. The number of rotatable bonds is 8. The third-order valence-corrected chi connectivity index (χ3v) is 5.50. The largest absolute Gasteiger partial charge is 0.480 e. The quantitative estimate of drug-likeness (QED) is 0.678. The third-order valence-electron chi connectivity index (χ3n) is 5.50. The van der Waals surface area contributed by atoms with Gasteiger partial charge in [-0.3, -0.25) is 19.4 Å². The van der Waals surface area contributed by atoms with E-state index in [0.717, 1.165) is 39.0 Å². The van der Waals surface area contributed by atoms with Gasteiger partial charge in [0.1, 0.15) is 0 Å². The highest BCUT2D eigenvalue weighted by Gasteiger charge is 2.26. The molecular formula is C18H34ClN3O3. The number of likely N-dealkylation sites (N-methyl/N-ethyl adjacent to an activating group) is 1. The lowest BCUT2D eigenvalue weighted by Gasteiger charge is -2.37. The Balaban J connectivity index is 0.00000312. The third kappa shape index (κ3) is 7.92. The molecule has 2 fully saturated rings. The molecule has 2 N–H and O–H groups in total. The number of carbonyl (C=O) groups is 2. The van der Waals surface area contributed by atoms with Crippen LogP contribution in [0.25, 0.3) is 0 Å². The minimum atomic E-state index is -0.763. The molecule has 0 radical (unpaired) electrons. The van der Waals surface area contributed by atoms with E-state index >= 15 is 0 Å². The summed E-state index contributed by atoms with van der Waals surface area (Å²) in [6.45, 7) is 5.94. The molecule has 1 aliphatic heterocycles. The van der Waals surface area contributed by atoms with Gasteiger partial charge in [0.15, 0.2) is 0 Å². The second kappa shape index (κ2) is 11.7. The second-order valence-electron chi connectivity index (χ2n) is 7.27. The standard InChI is InChI=1S/C18H33N3O3.ClH/c1-2-21(14-18(23)24)16-8-10-20(11-9-16)13-17(22)19-12-15-6-4-3-5-7-15;/h15-16H,2-14H2,1H3,(H,19,22)(H,23,24);1H. The molecule has 0 unspecified atom stereocenters.